The molecule has 156 valence electrons. The zero-order valence-corrected chi connectivity index (χ0v) is 16.8. The third-order valence-electron chi connectivity index (χ3n) is 5.35. The van der Waals surface area contributed by atoms with Gasteiger partial charge in [0, 0.05) is 35.2 Å². The van der Waals surface area contributed by atoms with Gasteiger partial charge in [0.05, 0.1) is 0 Å². The van der Waals surface area contributed by atoms with Crippen LogP contribution in [0.3, 0.4) is 0 Å². The maximum absolute atomic E-state index is 12.9. The second kappa shape index (κ2) is 8.02. The second-order valence-corrected chi connectivity index (χ2v) is 7.42. The van der Waals surface area contributed by atoms with E-state index in [1.54, 1.807) is 18.2 Å². The Hall–Kier alpha value is -4.00. The average Bonchev–Trinajstić information content (AvgIpc) is 3.26. The minimum absolute atomic E-state index is 0.0113. The van der Waals surface area contributed by atoms with Gasteiger partial charge in [-0.3, -0.25) is 4.79 Å². The molecule has 3 aromatic rings. The summed E-state index contributed by atoms with van der Waals surface area (Å²) in [5, 5.41) is 5.66. The van der Waals surface area contributed by atoms with Crippen LogP contribution in [0.4, 0.5) is 21.9 Å². The van der Waals surface area contributed by atoms with Gasteiger partial charge in [0.1, 0.15) is 0 Å². The number of hydrogen-bond acceptors (Lipinski definition) is 4. The fourth-order valence-corrected chi connectivity index (χ4v) is 3.89. The van der Waals surface area contributed by atoms with E-state index in [1.165, 1.54) is 0 Å². The topological polar surface area (TPSA) is 79.9 Å². The molecule has 3 amide bonds. The van der Waals surface area contributed by atoms with Crippen LogP contribution in [0.1, 0.15) is 22.3 Å². The summed E-state index contributed by atoms with van der Waals surface area (Å²) in [6.45, 7) is 0.863. The van der Waals surface area contributed by atoms with Crippen molar-refractivity contribution in [3.05, 3.63) is 77.9 Å². The number of amides is 3. The van der Waals surface area contributed by atoms with Crippen molar-refractivity contribution < 1.29 is 19.1 Å². The van der Waals surface area contributed by atoms with Crippen molar-refractivity contribution in [1.29, 1.82) is 0 Å². The van der Waals surface area contributed by atoms with Gasteiger partial charge in [-0.1, -0.05) is 18.2 Å². The first-order valence-electron chi connectivity index (χ1n) is 10.1. The number of anilines is 3. The van der Waals surface area contributed by atoms with Crippen LogP contribution in [0.5, 0.6) is 11.5 Å². The van der Waals surface area contributed by atoms with Gasteiger partial charge in [-0.2, -0.15) is 0 Å². The Morgan fingerprint density at radius 1 is 0.839 bits per heavy atom. The first-order valence-corrected chi connectivity index (χ1v) is 10.1. The first kappa shape index (κ1) is 19.0. The summed E-state index contributed by atoms with van der Waals surface area (Å²) in [6, 6.07) is 19.8. The quantitative estimate of drug-likeness (QED) is 0.652. The number of fused-ring (bicyclic) bond motifs is 2. The van der Waals surface area contributed by atoms with Crippen molar-refractivity contribution >= 4 is 29.0 Å². The molecule has 0 unspecified atom stereocenters. The van der Waals surface area contributed by atoms with E-state index in [9.17, 15) is 9.59 Å². The van der Waals surface area contributed by atoms with Crippen LogP contribution in [0.15, 0.2) is 66.7 Å². The van der Waals surface area contributed by atoms with Gasteiger partial charge in [-0.05, 0) is 60.9 Å². The van der Waals surface area contributed by atoms with Crippen LogP contribution in [0, 0.1) is 0 Å². The third-order valence-corrected chi connectivity index (χ3v) is 5.35. The van der Waals surface area contributed by atoms with E-state index in [-0.39, 0.29) is 18.7 Å². The van der Waals surface area contributed by atoms with Crippen molar-refractivity contribution in [2.45, 2.75) is 12.8 Å². The molecule has 3 aromatic carbocycles. The number of carbonyl (C=O) groups excluding carboxylic acids is 2. The molecule has 5 rings (SSSR count). The predicted molar refractivity (Wildman–Crippen MR) is 118 cm³/mol. The molecule has 0 atom stereocenters. The van der Waals surface area contributed by atoms with Gasteiger partial charge in [0.25, 0.3) is 5.91 Å². The molecule has 2 aliphatic heterocycles. The Morgan fingerprint density at radius 3 is 2.42 bits per heavy atom. The van der Waals surface area contributed by atoms with Crippen LogP contribution in [0.25, 0.3) is 0 Å². The molecule has 2 N–H and O–H groups in total. The van der Waals surface area contributed by atoms with Crippen LogP contribution in [0.2, 0.25) is 0 Å². The Morgan fingerprint density at radius 2 is 1.58 bits per heavy atom. The van der Waals surface area contributed by atoms with Crippen molar-refractivity contribution in [2.24, 2.45) is 0 Å². The lowest BCUT2D eigenvalue weighted by molar-refractivity contribution is 0.0985. The van der Waals surface area contributed by atoms with E-state index in [4.69, 9.17) is 9.47 Å². The van der Waals surface area contributed by atoms with Gasteiger partial charge >= 0.3 is 6.03 Å². The van der Waals surface area contributed by atoms with Crippen molar-refractivity contribution in [1.82, 2.24) is 0 Å². The third kappa shape index (κ3) is 3.90. The highest BCUT2D eigenvalue weighted by Gasteiger charge is 2.24. The molecular formula is C24H21N3O4. The minimum Gasteiger partial charge on any atom is -0.454 e. The lowest BCUT2D eigenvalue weighted by atomic mass is 10.00. The lowest BCUT2D eigenvalue weighted by Gasteiger charge is -2.30. The summed E-state index contributed by atoms with van der Waals surface area (Å²) < 4.78 is 10.6. The number of aryl methyl sites for hydroxylation is 1. The highest BCUT2D eigenvalue weighted by atomic mass is 16.7. The first-order chi connectivity index (χ1) is 15.2. The monoisotopic (exact) mass is 415 g/mol. The summed E-state index contributed by atoms with van der Waals surface area (Å²) in [4.78, 5) is 27.2. The molecule has 0 bridgehead atoms. The minimum atomic E-state index is -0.355. The molecule has 2 aliphatic rings. The Kier molecular flexibility index (Phi) is 4.92. The van der Waals surface area contributed by atoms with Gasteiger partial charge in [-0.25, -0.2) is 4.79 Å². The molecule has 0 saturated carbocycles. The highest BCUT2D eigenvalue weighted by Crippen LogP contribution is 2.34. The maximum Gasteiger partial charge on any atom is 0.323 e. The molecule has 0 fully saturated rings. The molecule has 31 heavy (non-hydrogen) atoms. The summed E-state index contributed by atoms with van der Waals surface area (Å²) in [5.41, 5.74) is 3.88. The molecule has 7 heteroatoms. The standard InChI is InChI=1S/C24H21N3O4/c28-23(16-5-2-1-3-6-16)27-12-4-7-17-13-18(8-10-20(17)27)25-24(29)26-19-9-11-21-22(14-19)31-15-30-21/h1-3,5-6,8-11,13-14H,4,7,12,15H2,(H2,25,26,29). The van der Waals surface area contributed by atoms with Crippen molar-refractivity contribution in [3.63, 3.8) is 0 Å². The van der Waals surface area contributed by atoms with Crippen LogP contribution in [-0.2, 0) is 6.42 Å². The number of ether oxygens (including phenoxy) is 2. The number of nitrogens with one attached hydrogen (secondary N) is 2. The van der Waals surface area contributed by atoms with E-state index >= 15 is 0 Å². The largest absolute Gasteiger partial charge is 0.454 e. The molecular weight excluding hydrogens is 394 g/mol. The molecule has 7 nitrogen and oxygen atoms in total. The van der Waals surface area contributed by atoms with Gasteiger partial charge in [0.2, 0.25) is 6.79 Å². The fraction of sp³-hybridized carbons (Fsp3) is 0.167. The fourth-order valence-electron chi connectivity index (χ4n) is 3.89. The van der Waals surface area contributed by atoms with Crippen molar-refractivity contribution in [3.8, 4) is 11.5 Å². The Labute approximate surface area is 179 Å². The number of urea groups is 1. The summed E-state index contributed by atoms with van der Waals surface area (Å²) >= 11 is 0. The molecule has 0 radical (unpaired) electrons. The molecule has 0 aliphatic carbocycles. The average molecular weight is 415 g/mol. The van der Waals surface area contributed by atoms with Crippen LogP contribution < -0.4 is 25.0 Å². The normalized spacial score (nSPS) is 14.0. The van der Waals surface area contributed by atoms with E-state index in [1.807, 2.05) is 53.4 Å². The number of carbonyl (C=O) groups is 2. The maximum atomic E-state index is 12.9. The molecule has 0 aromatic heterocycles. The Balaban J connectivity index is 1.29. The zero-order chi connectivity index (χ0) is 21.2. The summed E-state index contributed by atoms with van der Waals surface area (Å²) in [6.07, 6.45) is 1.73. The molecule has 2 heterocycles. The summed E-state index contributed by atoms with van der Waals surface area (Å²) in [5.74, 6) is 1.26. The molecule has 0 saturated heterocycles. The van der Waals surface area contributed by atoms with E-state index in [0.29, 0.717) is 35.0 Å². The van der Waals surface area contributed by atoms with Crippen LogP contribution in [-0.4, -0.2) is 25.3 Å². The van der Waals surface area contributed by atoms with Crippen molar-refractivity contribution in [2.75, 3.05) is 28.9 Å². The lowest BCUT2D eigenvalue weighted by Crippen LogP contribution is -2.35. The number of hydrogen-bond donors (Lipinski definition) is 2. The molecule has 0 spiro atoms. The van der Waals surface area contributed by atoms with E-state index < -0.39 is 0 Å². The number of nitrogens with zero attached hydrogens (tertiary/aromatic N) is 1. The summed E-state index contributed by atoms with van der Waals surface area (Å²) in [7, 11) is 0. The van der Waals surface area contributed by atoms with Gasteiger partial charge in [0.15, 0.2) is 11.5 Å². The van der Waals surface area contributed by atoms with E-state index in [0.717, 1.165) is 24.1 Å². The Bertz CT molecular complexity index is 1150. The second-order valence-electron chi connectivity index (χ2n) is 7.42. The van der Waals surface area contributed by atoms with Gasteiger partial charge in [-0.15, -0.1) is 0 Å². The van der Waals surface area contributed by atoms with Gasteiger partial charge < -0.3 is 25.0 Å². The zero-order valence-electron chi connectivity index (χ0n) is 16.8. The van der Waals surface area contributed by atoms with Crippen LogP contribution >= 0.6 is 0 Å². The number of rotatable bonds is 3. The SMILES string of the molecule is O=C(Nc1ccc2c(c1)CCCN2C(=O)c1ccccc1)Nc1ccc2c(c1)OCO2. The predicted octanol–water partition coefficient (Wildman–Crippen LogP) is 4.65. The smallest absolute Gasteiger partial charge is 0.323 e. The van der Waals surface area contributed by atoms with E-state index in [2.05, 4.69) is 10.6 Å². The highest BCUT2D eigenvalue weighted by molar-refractivity contribution is 6.07. The number of benzene rings is 3.